The second kappa shape index (κ2) is 11.2. The average molecular weight is 385 g/mol. The zero-order valence-electron chi connectivity index (χ0n) is 14.9. The monoisotopic (exact) mass is 385 g/mol. The Morgan fingerprint density at radius 2 is 1.81 bits per heavy atom. The third-order valence-electron chi connectivity index (χ3n) is 4.18. The molecule has 0 unspecified atom stereocenters. The number of aliphatic hydroxyl groups excluding tert-OH is 4. The minimum Gasteiger partial charge on any atom is -0.445 e. The van der Waals surface area contributed by atoms with Gasteiger partial charge in [-0.2, -0.15) is 0 Å². The molecular formula is C18H27NO8. The highest BCUT2D eigenvalue weighted by Crippen LogP contribution is 2.22. The summed E-state index contributed by atoms with van der Waals surface area (Å²) >= 11 is 0. The maximum atomic E-state index is 11.6. The summed E-state index contributed by atoms with van der Waals surface area (Å²) in [6.45, 7) is 0.307. The van der Waals surface area contributed by atoms with Crippen molar-refractivity contribution in [3.05, 3.63) is 35.9 Å². The Morgan fingerprint density at radius 1 is 1.07 bits per heavy atom. The maximum Gasteiger partial charge on any atom is 0.407 e. The van der Waals surface area contributed by atoms with E-state index in [2.05, 4.69) is 5.32 Å². The van der Waals surface area contributed by atoms with Crippen molar-refractivity contribution >= 4 is 6.09 Å². The molecule has 1 aliphatic heterocycles. The van der Waals surface area contributed by atoms with Gasteiger partial charge in [0.25, 0.3) is 0 Å². The molecule has 0 bridgehead atoms. The van der Waals surface area contributed by atoms with Gasteiger partial charge in [0.2, 0.25) is 0 Å². The molecular weight excluding hydrogens is 358 g/mol. The minimum atomic E-state index is -1.46. The number of carbonyl (C=O) groups is 1. The lowest BCUT2D eigenvalue weighted by Crippen LogP contribution is -2.59. The summed E-state index contributed by atoms with van der Waals surface area (Å²) in [6.07, 6.45) is -5.73. The molecule has 0 radical (unpaired) electrons. The number of hydrogen-bond acceptors (Lipinski definition) is 8. The average Bonchev–Trinajstić information content (AvgIpc) is 2.69. The molecule has 0 aromatic heterocycles. The van der Waals surface area contributed by atoms with Crippen LogP contribution in [0.15, 0.2) is 30.3 Å². The van der Waals surface area contributed by atoms with Crippen LogP contribution in [0.25, 0.3) is 0 Å². The van der Waals surface area contributed by atoms with Crippen molar-refractivity contribution in [2.75, 3.05) is 19.8 Å². The third kappa shape index (κ3) is 6.73. The van der Waals surface area contributed by atoms with Crippen molar-refractivity contribution in [2.45, 2.75) is 50.2 Å². The molecule has 1 saturated heterocycles. The molecule has 5 atom stereocenters. The predicted octanol–water partition coefficient (Wildman–Crippen LogP) is -0.490. The van der Waals surface area contributed by atoms with E-state index >= 15 is 0 Å². The first kappa shape index (κ1) is 21.5. The van der Waals surface area contributed by atoms with Crippen molar-refractivity contribution in [2.24, 2.45) is 0 Å². The highest BCUT2D eigenvalue weighted by Gasteiger charge is 2.43. The molecule has 9 nitrogen and oxygen atoms in total. The number of benzene rings is 1. The summed E-state index contributed by atoms with van der Waals surface area (Å²) in [6, 6.07) is 9.35. The normalized spacial score (nSPS) is 27.9. The number of ether oxygens (including phenoxy) is 3. The van der Waals surface area contributed by atoms with Crippen LogP contribution in [0.1, 0.15) is 18.4 Å². The molecule has 1 aliphatic rings. The fraction of sp³-hybridized carbons (Fsp3) is 0.611. The van der Waals surface area contributed by atoms with Gasteiger partial charge in [-0.1, -0.05) is 30.3 Å². The van der Waals surface area contributed by atoms with Crippen LogP contribution >= 0.6 is 0 Å². The summed E-state index contributed by atoms with van der Waals surface area (Å²) in [5.41, 5.74) is 0.903. The lowest BCUT2D eigenvalue weighted by molar-refractivity contribution is -0.301. The zero-order valence-corrected chi connectivity index (χ0v) is 14.9. The Balaban J connectivity index is 1.55. The van der Waals surface area contributed by atoms with E-state index in [4.69, 9.17) is 19.3 Å². The van der Waals surface area contributed by atoms with Crippen LogP contribution in [0.3, 0.4) is 0 Å². The Hall–Kier alpha value is -1.75. The lowest BCUT2D eigenvalue weighted by atomic mass is 9.99. The Labute approximate surface area is 157 Å². The van der Waals surface area contributed by atoms with E-state index in [1.807, 2.05) is 30.3 Å². The number of hydrogen-bond donors (Lipinski definition) is 5. The maximum absolute atomic E-state index is 11.6. The van der Waals surface area contributed by atoms with Crippen LogP contribution in [0.2, 0.25) is 0 Å². The lowest BCUT2D eigenvalue weighted by Gasteiger charge is -2.39. The Kier molecular flexibility index (Phi) is 8.92. The van der Waals surface area contributed by atoms with E-state index in [-0.39, 0.29) is 13.2 Å². The molecule has 2 rings (SSSR count). The number of alkyl carbamates (subject to hydrolysis) is 1. The predicted molar refractivity (Wildman–Crippen MR) is 93.6 cm³/mol. The van der Waals surface area contributed by atoms with Crippen LogP contribution < -0.4 is 5.32 Å². The van der Waals surface area contributed by atoms with Gasteiger partial charge in [0.05, 0.1) is 6.61 Å². The van der Waals surface area contributed by atoms with Gasteiger partial charge in [0, 0.05) is 13.2 Å². The first-order valence-corrected chi connectivity index (χ1v) is 8.89. The number of aliphatic hydroxyl groups is 4. The first-order valence-electron chi connectivity index (χ1n) is 8.89. The molecule has 0 saturated carbocycles. The summed E-state index contributed by atoms with van der Waals surface area (Å²) in [5, 5.41) is 40.9. The first-order chi connectivity index (χ1) is 13.0. The second-order valence-corrected chi connectivity index (χ2v) is 6.26. The van der Waals surface area contributed by atoms with Crippen molar-refractivity contribution in [1.82, 2.24) is 5.32 Å². The molecule has 1 aromatic rings. The number of nitrogens with one attached hydrogen (secondary N) is 1. The molecule has 152 valence electrons. The quantitative estimate of drug-likeness (QED) is 0.359. The molecule has 5 N–H and O–H groups in total. The van der Waals surface area contributed by atoms with Gasteiger partial charge in [-0.05, 0) is 18.4 Å². The summed E-state index contributed by atoms with van der Waals surface area (Å²) in [7, 11) is 0. The van der Waals surface area contributed by atoms with E-state index in [0.29, 0.717) is 19.4 Å². The van der Waals surface area contributed by atoms with E-state index in [1.54, 1.807) is 0 Å². The molecule has 1 aromatic carbocycles. The minimum absolute atomic E-state index is 0.201. The fourth-order valence-electron chi connectivity index (χ4n) is 2.60. The highest BCUT2D eigenvalue weighted by molar-refractivity contribution is 5.67. The molecule has 0 spiro atoms. The molecule has 0 aliphatic carbocycles. The van der Waals surface area contributed by atoms with Crippen LogP contribution in [-0.4, -0.2) is 77.0 Å². The molecule has 9 heteroatoms. The molecule has 1 fully saturated rings. The van der Waals surface area contributed by atoms with Crippen molar-refractivity contribution in [3.8, 4) is 0 Å². The molecule has 27 heavy (non-hydrogen) atoms. The number of rotatable bonds is 9. The van der Waals surface area contributed by atoms with Gasteiger partial charge in [-0.25, -0.2) is 4.79 Å². The summed E-state index contributed by atoms with van der Waals surface area (Å²) in [5.74, 6) is 0. The van der Waals surface area contributed by atoms with Gasteiger partial charge in [-0.3, -0.25) is 0 Å². The van der Waals surface area contributed by atoms with Crippen molar-refractivity contribution in [3.63, 3.8) is 0 Å². The number of amides is 1. The SMILES string of the molecule is O=C(NCCCCO[C@@H]1O[C@H](CO)[C@@H](O)[C@H](O)[C@H]1O)OCc1ccccc1. The zero-order chi connectivity index (χ0) is 19.6. The van der Waals surface area contributed by atoms with Crippen LogP contribution in [0.5, 0.6) is 0 Å². The van der Waals surface area contributed by atoms with E-state index in [0.717, 1.165) is 5.56 Å². The Morgan fingerprint density at radius 3 is 2.52 bits per heavy atom. The van der Waals surface area contributed by atoms with Crippen LogP contribution in [0, 0.1) is 0 Å². The number of carbonyl (C=O) groups excluding carboxylic acids is 1. The van der Waals surface area contributed by atoms with Gasteiger partial charge in [-0.15, -0.1) is 0 Å². The van der Waals surface area contributed by atoms with Crippen LogP contribution in [-0.2, 0) is 20.8 Å². The van der Waals surface area contributed by atoms with Gasteiger partial charge in [0.15, 0.2) is 6.29 Å². The molecule has 1 heterocycles. The van der Waals surface area contributed by atoms with E-state index < -0.39 is 43.4 Å². The second-order valence-electron chi connectivity index (χ2n) is 6.26. The molecule has 1 amide bonds. The highest BCUT2D eigenvalue weighted by atomic mass is 16.7. The smallest absolute Gasteiger partial charge is 0.407 e. The third-order valence-corrected chi connectivity index (χ3v) is 4.18. The standard InChI is InChI=1S/C18H27NO8/c20-10-13-14(21)15(22)16(23)17(27-13)25-9-5-4-8-19-18(24)26-11-12-6-2-1-3-7-12/h1-3,6-7,13-17,20-23H,4-5,8-11H2,(H,19,24)/t13-,14-,15+,16-,17-/m1/s1. The number of unbranched alkanes of at least 4 members (excludes halogenated alkanes) is 1. The van der Waals surface area contributed by atoms with Gasteiger partial charge in [0.1, 0.15) is 31.0 Å². The van der Waals surface area contributed by atoms with E-state index in [9.17, 15) is 20.1 Å². The van der Waals surface area contributed by atoms with Gasteiger partial charge >= 0.3 is 6.09 Å². The summed E-state index contributed by atoms with van der Waals surface area (Å²) in [4.78, 5) is 11.6. The largest absolute Gasteiger partial charge is 0.445 e. The topological polar surface area (TPSA) is 138 Å². The Bertz CT molecular complexity index is 556. The van der Waals surface area contributed by atoms with Crippen molar-refractivity contribution < 1.29 is 39.4 Å². The summed E-state index contributed by atoms with van der Waals surface area (Å²) < 4.78 is 15.7. The van der Waals surface area contributed by atoms with Crippen LogP contribution in [0.4, 0.5) is 4.79 Å². The van der Waals surface area contributed by atoms with E-state index in [1.165, 1.54) is 0 Å². The fourth-order valence-corrected chi connectivity index (χ4v) is 2.60. The van der Waals surface area contributed by atoms with Gasteiger partial charge < -0.3 is 40.0 Å². The van der Waals surface area contributed by atoms with Crippen molar-refractivity contribution in [1.29, 1.82) is 0 Å².